The SMILES string of the molecule is COc1cccc(-c2nc(CC(=O)N3CCN(c4nnc(C)o4)CC3)c(C)o2)c1. The van der Waals surface area contributed by atoms with Crippen LogP contribution in [0.3, 0.4) is 0 Å². The van der Waals surface area contributed by atoms with E-state index in [-0.39, 0.29) is 12.3 Å². The van der Waals surface area contributed by atoms with Crippen LogP contribution in [0.25, 0.3) is 11.5 Å². The number of aryl methyl sites for hydroxylation is 2. The van der Waals surface area contributed by atoms with E-state index in [1.54, 1.807) is 14.0 Å². The molecule has 0 radical (unpaired) electrons. The lowest BCUT2D eigenvalue weighted by Crippen LogP contribution is -2.49. The molecule has 9 nitrogen and oxygen atoms in total. The molecule has 1 saturated heterocycles. The van der Waals surface area contributed by atoms with Gasteiger partial charge in [0.15, 0.2) is 0 Å². The summed E-state index contributed by atoms with van der Waals surface area (Å²) < 4.78 is 16.5. The van der Waals surface area contributed by atoms with E-state index in [0.29, 0.717) is 55.4 Å². The Balaban J connectivity index is 1.39. The van der Waals surface area contributed by atoms with Gasteiger partial charge in [-0.1, -0.05) is 11.2 Å². The summed E-state index contributed by atoms with van der Waals surface area (Å²) in [4.78, 5) is 21.1. The van der Waals surface area contributed by atoms with E-state index in [4.69, 9.17) is 13.6 Å². The molecule has 29 heavy (non-hydrogen) atoms. The van der Waals surface area contributed by atoms with E-state index >= 15 is 0 Å². The summed E-state index contributed by atoms with van der Waals surface area (Å²) in [6.07, 6.45) is 0.207. The van der Waals surface area contributed by atoms with Gasteiger partial charge in [-0.3, -0.25) is 4.79 Å². The maximum Gasteiger partial charge on any atom is 0.318 e. The number of benzene rings is 1. The van der Waals surface area contributed by atoms with Gasteiger partial charge in [0, 0.05) is 38.7 Å². The second-order valence-corrected chi connectivity index (χ2v) is 6.90. The third kappa shape index (κ3) is 4.08. The molecule has 3 heterocycles. The van der Waals surface area contributed by atoms with Crippen molar-refractivity contribution < 1.29 is 18.4 Å². The molecule has 3 aromatic rings. The summed E-state index contributed by atoms with van der Waals surface area (Å²) >= 11 is 0. The zero-order chi connectivity index (χ0) is 20.4. The summed E-state index contributed by atoms with van der Waals surface area (Å²) in [6.45, 7) is 6.09. The predicted molar refractivity (Wildman–Crippen MR) is 105 cm³/mol. The quantitative estimate of drug-likeness (QED) is 0.647. The largest absolute Gasteiger partial charge is 0.497 e. The smallest absolute Gasteiger partial charge is 0.318 e. The van der Waals surface area contributed by atoms with Gasteiger partial charge in [-0.25, -0.2) is 4.98 Å². The Bertz CT molecular complexity index is 1000. The third-order valence-corrected chi connectivity index (χ3v) is 4.95. The van der Waals surface area contributed by atoms with Gasteiger partial charge in [0.05, 0.1) is 19.2 Å². The van der Waals surface area contributed by atoms with Crippen molar-refractivity contribution in [1.29, 1.82) is 0 Å². The summed E-state index contributed by atoms with van der Waals surface area (Å²) in [6, 6.07) is 8.00. The minimum atomic E-state index is 0.0277. The monoisotopic (exact) mass is 397 g/mol. The average molecular weight is 397 g/mol. The number of aromatic nitrogens is 3. The van der Waals surface area contributed by atoms with Crippen molar-refractivity contribution in [3.05, 3.63) is 41.6 Å². The molecule has 0 spiro atoms. The molecule has 0 unspecified atom stereocenters. The van der Waals surface area contributed by atoms with E-state index in [1.165, 1.54) is 0 Å². The molecule has 0 atom stereocenters. The van der Waals surface area contributed by atoms with E-state index < -0.39 is 0 Å². The number of amides is 1. The van der Waals surface area contributed by atoms with Crippen molar-refractivity contribution in [3.8, 4) is 17.2 Å². The molecule has 0 N–H and O–H groups in total. The highest BCUT2D eigenvalue weighted by Gasteiger charge is 2.25. The normalized spacial score (nSPS) is 14.3. The molecule has 1 aromatic carbocycles. The van der Waals surface area contributed by atoms with Crippen LogP contribution in [0.4, 0.5) is 6.01 Å². The van der Waals surface area contributed by atoms with Crippen molar-refractivity contribution in [2.24, 2.45) is 0 Å². The Morgan fingerprint density at radius 3 is 2.62 bits per heavy atom. The lowest BCUT2D eigenvalue weighted by atomic mass is 10.2. The summed E-state index contributed by atoms with van der Waals surface area (Å²) in [5, 5.41) is 7.89. The third-order valence-electron chi connectivity index (χ3n) is 4.95. The van der Waals surface area contributed by atoms with Gasteiger partial charge in [-0.15, -0.1) is 5.10 Å². The first-order valence-corrected chi connectivity index (χ1v) is 9.47. The minimum Gasteiger partial charge on any atom is -0.497 e. The minimum absolute atomic E-state index is 0.0277. The van der Waals surface area contributed by atoms with Gasteiger partial charge in [0.1, 0.15) is 11.5 Å². The van der Waals surface area contributed by atoms with Crippen LogP contribution in [0.2, 0.25) is 0 Å². The van der Waals surface area contributed by atoms with E-state index in [2.05, 4.69) is 15.2 Å². The zero-order valence-electron chi connectivity index (χ0n) is 16.7. The van der Waals surface area contributed by atoms with Crippen LogP contribution in [0.15, 0.2) is 33.1 Å². The fourth-order valence-corrected chi connectivity index (χ4v) is 3.29. The lowest BCUT2D eigenvalue weighted by molar-refractivity contribution is -0.130. The van der Waals surface area contributed by atoms with E-state index in [0.717, 1.165) is 11.3 Å². The van der Waals surface area contributed by atoms with Crippen molar-refractivity contribution in [2.75, 3.05) is 38.2 Å². The molecule has 1 amide bonds. The Morgan fingerprint density at radius 2 is 1.93 bits per heavy atom. The number of oxazole rings is 1. The molecule has 0 saturated carbocycles. The number of piperazine rings is 1. The Kier molecular flexibility index (Phi) is 5.20. The second-order valence-electron chi connectivity index (χ2n) is 6.90. The van der Waals surface area contributed by atoms with Crippen molar-refractivity contribution in [3.63, 3.8) is 0 Å². The maximum absolute atomic E-state index is 12.8. The number of methoxy groups -OCH3 is 1. The molecule has 1 fully saturated rings. The molecule has 2 aromatic heterocycles. The fourth-order valence-electron chi connectivity index (χ4n) is 3.29. The molecule has 152 valence electrons. The highest BCUT2D eigenvalue weighted by atomic mass is 16.5. The topological polar surface area (TPSA) is 97.7 Å². The van der Waals surface area contributed by atoms with Gasteiger partial charge in [-0.05, 0) is 25.1 Å². The lowest BCUT2D eigenvalue weighted by Gasteiger charge is -2.33. The van der Waals surface area contributed by atoms with Gasteiger partial charge < -0.3 is 23.4 Å². The number of hydrogen-bond acceptors (Lipinski definition) is 8. The number of ether oxygens (including phenoxy) is 1. The molecule has 4 rings (SSSR count). The molecule has 1 aliphatic heterocycles. The number of carbonyl (C=O) groups excluding carboxylic acids is 1. The average Bonchev–Trinajstić information content (AvgIpc) is 3.34. The molecule has 0 bridgehead atoms. The summed E-state index contributed by atoms with van der Waals surface area (Å²) in [7, 11) is 1.61. The van der Waals surface area contributed by atoms with E-state index in [1.807, 2.05) is 41.0 Å². The Hall–Kier alpha value is -3.36. The molecule has 0 aliphatic carbocycles. The van der Waals surface area contributed by atoms with E-state index in [9.17, 15) is 4.79 Å². The van der Waals surface area contributed by atoms with Crippen molar-refractivity contribution in [1.82, 2.24) is 20.1 Å². The van der Waals surface area contributed by atoms with Gasteiger partial charge in [0.25, 0.3) is 0 Å². The summed E-state index contributed by atoms with van der Waals surface area (Å²) in [5.74, 6) is 2.43. The van der Waals surface area contributed by atoms with Gasteiger partial charge >= 0.3 is 6.01 Å². The first kappa shape index (κ1) is 19.0. The first-order valence-electron chi connectivity index (χ1n) is 9.47. The van der Waals surface area contributed by atoms with Crippen LogP contribution in [-0.2, 0) is 11.2 Å². The fraction of sp³-hybridized carbons (Fsp3) is 0.400. The van der Waals surface area contributed by atoms with Crippen LogP contribution in [-0.4, -0.2) is 59.3 Å². The number of carbonyl (C=O) groups is 1. The van der Waals surface area contributed by atoms with Crippen LogP contribution in [0.5, 0.6) is 5.75 Å². The van der Waals surface area contributed by atoms with Crippen LogP contribution in [0.1, 0.15) is 17.3 Å². The predicted octanol–water partition coefficient (Wildman–Crippen LogP) is 2.24. The highest BCUT2D eigenvalue weighted by Crippen LogP contribution is 2.25. The Labute approximate surface area is 168 Å². The van der Waals surface area contributed by atoms with Crippen molar-refractivity contribution >= 4 is 11.9 Å². The number of hydrogen-bond donors (Lipinski definition) is 0. The number of nitrogens with zero attached hydrogens (tertiary/aromatic N) is 5. The summed E-state index contributed by atoms with van der Waals surface area (Å²) in [5.41, 5.74) is 1.47. The number of anilines is 1. The zero-order valence-corrected chi connectivity index (χ0v) is 16.7. The van der Waals surface area contributed by atoms with Crippen LogP contribution >= 0.6 is 0 Å². The number of rotatable bonds is 5. The first-order chi connectivity index (χ1) is 14.0. The standard InChI is InChI=1S/C20H23N5O4/c1-13-17(21-19(28-13)15-5-4-6-16(11-15)27-3)12-18(26)24-7-9-25(10-8-24)20-23-22-14(2)29-20/h4-6,11H,7-10,12H2,1-3H3. The molecular formula is C20H23N5O4. The maximum atomic E-state index is 12.8. The molecular weight excluding hydrogens is 374 g/mol. The van der Waals surface area contributed by atoms with Crippen LogP contribution in [0, 0.1) is 13.8 Å². The Morgan fingerprint density at radius 1 is 1.14 bits per heavy atom. The van der Waals surface area contributed by atoms with Crippen molar-refractivity contribution in [2.45, 2.75) is 20.3 Å². The second kappa shape index (κ2) is 7.94. The van der Waals surface area contributed by atoms with Gasteiger partial charge in [-0.2, -0.15) is 0 Å². The highest BCUT2D eigenvalue weighted by molar-refractivity contribution is 5.79. The molecule has 9 heteroatoms. The van der Waals surface area contributed by atoms with Gasteiger partial charge in [0.2, 0.25) is 17.7 Å². The molecule has 1 aliphatic rings. The van der Waals surface area contributed by atoms with Crippen LogP contribution < -0.4 is 9.64 Å².